The number of hydrogen-bond donors (Lipinski definition) is 1. The molecule has 1 fully saturated rings. The van der Waals surface area contributed by atoms with Gasteiger partial charge in [-0.2, -0.15) is 13.2 Å². The molecule has 1 N–H and O–H groups in total. The quantitative estimate of drug-likeness (QED) is 0.821. The minimum absolute atomic E-state index is 0.105. The zero-order valence-electron chi connectivity index (χ0n) is 8.23. The standard InChI is InChI=1S/C10H11F3N2/c1-14-9-8(10(11,12)13)4-7(5-15-9)6-2-3-6/h4-6H,2-3H2,1H3,(H,14,15). The van der Waals surface area contributed by atoms with Crippen molar-refractivity contribution in [2.45, 2.75) is 24.9 Å². The summed E-state index contributed by atoms with van der Waals surface area (Å²) in [5.74, 6) is 0.177. The van der Waals surface area contributed by atoms with Crippen LogP contribution in [0.15, 0.2) is 12.3 Å². The lowest BCUT2D eigenvalue weighted by Crippen LogP contribution is -2.11. The molecular formula is C10H11F3N2. The Kier molecular flexibility index (Phi) is 2.32. The van der Waals surface area contributed by atoms with Gasteiger partial charge < -0.3 is 5.32 Å². The molecule has 1 saturated carbocycles. The molecule has 1 aromatic rings. The third-order valence-corrected chi connectivity index (χ3v) is 2.50. The first-order chi connectivity index (χ1) is 7.02. The lowest BCUT2D eigenvalue weighted by atomic mass is 10.1. The van der Waals surface area contributed by atoms with Crippen LogP contribution in [0.3, 0.4) is 0 Å². The zero-order chi connectivity index (χ0) is 11.1. The van der Waals surface area contributed by atoms with Crippen molar-refractivity contribution >= 4 is 5.82 Å². The number of halogens is 3. The van der Waals surface area contributed by atoms with Crippen molar-refractivity contribution in [2.75, 3.05) is 12.4 Å². The third kappa shape index (κ3) is 2.06. The number of anilines is 1. The van der Waals surface area contributed by atoms with Gasteiger partial charge in [0.05, 0.1) is 5.56 Å². The molecule has 0 bridgehead atoms. The number of pyridine rings is 1. The maximum atomic E-state index is 12.6. The molecule has 1 heterocycles. The summed E-state index contributed by atoms with van der Waals surface area (Å²) in [6.07, 6.45) is -0.870. The van der Waals surface area contributed by atoms with Gasteiger partial charge in [-0.25, -0.2) is 4.98 Å². The fraction of sp³-hybridized carbons (Fsp3) is 0.500. The van der Waals surface area contributed by atoms with Crippen LogP contribution >= 0.6 is 0 Å². The Hall–Kier alpha value is -1.26. The van der Waals surface area contributed by atoms with Gasteiger partial charge >= 0.3 is 6.18 Å². The van der Waals surface area contributed by atoms with Gasteiger partial charge in [0.15, 0.2) is 0 Å². The Morgan fingerprint density at radius 3 is 2.53 bits per heavy atom. The van der Waals surface area contributed by atoms with Gasteiger partial charge in [0.25, 0.3) is 0 Å². The van der Waals surface area contributed by atoms with E-state index in [1.165, 1.54) is 19.3 Å². The van der Waals surface area contributed by atoms with Crippen LogP contribution in [-0.2, 0) is 6.18 Å². The molecule has 1 aromatic heterocycles. The number of aromatic nitrogens is 1. The maximum Gasteiger partial charge on any atom is 0.419 e. The first kappa shape index (κ1) is 10.3. The Morgan fingerprint density at radius 2 is 2.07 bits per heavy atom. The van der Waals surface area contributed by atoms with E-state index in [0.717, 1.165) is 12.8 Å². The number of nitrogens with zero attached hydrogens (tertiary/aromatic N) is 1. The normalized spacial score (nSPS) is 16.5. The summed E-state index contributed by atoms with van der Waals surface area (Å²) in [4.78, 5) is 3.79. The highest BCUT2D eigenvalue weighted by molar-refractivity contribution is 5.47. The summed E-state index contributed by atoms with van der Waals surface area (Å²) in [5, 5.41) is 2.46. The van der Waals surface area contributed by atoms with E-state index in [0.29, 0.717) is 5.56 Å². The van der Waals surface area contributed by atoms with Gasteiger partial charge in [0, 0.05) is 13.2 Å². The molecule has 2 nitrogen and oxygen atoms in total. The van der Waals surface area contributed by atoms with E-state index < -0.39 is 11.7 Å². The van der Waals surface area contributed by atoms with Crippen molar-refractivity contribution in [1.82, 2.24) is 4.98 Å². The van der Waals surface area contributed by atoms with Crippen LogP contribution in [0.1, 0.15) is 29.9 Å². The molecule has 0 unspecified atom stereocenters. The van der Waals surface area contributed by atoms with E-state index in [-0.39, 0.29) is 11.7 Å². The summed E-state index contributed by atoms with van der Waals surface area (Å²) >= 11 is 0. The molecule has 0 radical (unpaired) electrons. The zero-order valence-corrected chi connectivity index (χ0v) is 8.23. The van der Waals surface area contributed by atoms with E-state index in [4.69, 9.17) is 0 Å². The van der Waals surface area contributed by atoms with E-state index in [9.17, 15) is 13.2 Å². The molecule has 0 amide bonds. The molecule has 1 aliphatic carbocycles. The summed E-state index contributed by atoms with van der Waals surface area (Å²) in [6.45, 7) is 0. The van der Waals surface area contributed by atoms with Crippen LogP contribution in [0.2, 0.25) is 0 Å². The number of rotatable bonds is 2. The van der Waals surface area contributed by atoms with Gasteiger partial charge in [0.2, 0.25) is 0 Å². The minimum Gasteiger partial charge on any atom is -0.373 e. The Labute approximate surface area is 85.5 Å². The van der Waals surface area contributed by atoms with E-state index in [1.807, 2.05) is 0 Å². The molecule has 5 heteroatoms. The largest absolute Gasteiger partial charge is 0.419 e. The van der Waals surface area contributed by atoms with Crippen LogP contribution in [-0.4, -0.2) is 12.0 Å². The Bertz CT molecular complexity index is 369. The first-order valence-electron chi connectivity index (χ1n) is 4.77. The minimum atomic E-state index is -4.34. The van der Waals surface area contributed by atoms with Gasteiger partial charge in [-0.05, 0) is 30.4 Å². The molecule has 0 atom stereocenters. The summed E-state index contributed by atoms with van der Waals surface area (Å²) in [6, 6.07) is 1.20. The summed E-state index contributed by atoms with van der Waals surface area (Å²) < 4.78 is 37.9. The molecule has 15 heavy (non-hydrogen) atoms. The molecular weight excluding hydrogens is 205 g/mol. The first-order valence-corrected chi connectivity index (χ1v) is 4.77. The van der Waals surface area contributed by atoms with Crippen molar-refractivity contribution in [3.63, 3.8) is 0 Å². The van der Waals surface area contributed by atoms with Crippen LogP contribution in [0.4, 0.5) is 19.0 Å². The molecule has 0 aliphatic heterocycles. The monoisotopic (exact) mass is 216 g/mol. The van der Waals surface area contributed by atoms with E-state index in [1.54, 1.807) is 0 Å². The van der Waals surface area contributed by atoms with Crippen molar-refractivity contribution < 1.29 is 13.2 Å². The second-order valence-electron chi connectivity index (χ2n) is 3.69. The highest BCUT2D eigenvalue weighted by Gasteiger charge is 2.36. The Morgan fingerprint density at radius 1 is 1.40 bits per heavy atom. The number of nitrogens with one attached hydrogen (secondary N) is 1. The van der Waals surface area contributed by atoms with E-state index >= 15 is 0 Å². The third-order valence-electron chi connectivity index (χ3n) is 2.50. The van der Waals surface area contributed by atoms with Crippen LogP contribution in [0, 0.1) is 0 Å². The van der Waals surface area contributed by atoms with Gasteiger partial charge in [-0.3, -0.25) is 0 Å². The summed E-state index contributed by atoms with van der Waals surface area (Å²) in [5.41, 5.74) is 0.0238. The van der Waals surface area contributed by atoms with Crippen molar-refractivity contribution in [3.05, 3.63) is 23.4 Å². The second-order valence-corrected chi connectivity index (χ2v) is 3.69. The second kappa shape index (κ2) is 3.40. The van der Waals surface area contributed by atoms with Crippen LogP contribution in [0.25, 0.3) is 0 Å². The predicted molar refractivity (Wildman–Crippen MR) is 50.8 cm³/mol. The smallest absolute Gasteiger partial charge is 0.373 e. The van der Waals surface area contributed by atoms with E-state index in [2.05, 4.69) is 10.3 Å². The van der Waals surface area contributed by atoms with Gasteiger partial charge in [-0.1, -0.05) is 0 Å². The Balaban J connectivity index is 2.42. The topological polar surface area (TPSA) is 24.9 Å². The molecule has 0 saturated heterocycles. The van der Waals surface area contributed by atoms with Gasteiger partial charge in [0.1, 0.15) is 5.82 Å². The fourth-order valence-electron chi connectivity index (χ4n) is 1.54. The fourth-order valence-corrected chi connectivity index (χ4v) is 1.54. The molecule has 2 rings (SSSR count). The van der Waals surface area contributed by atoms with Crippen molar-refractivity contribution in [2.24, 2.45) is 0 Å². The summed E-state index contributed by atoms with van der Waals surface area (Å²) in [7, 11) is 1.44. The van der Waals surface area contributed by atoms with Crippen LogP contribution < -0.4 is 5.32 Å². The SMILES string of the molecule is CNc1ncc(C2CC2)cc1C(F)(F)F. The average Bonchev–Trinajstić information content (AvgIpc) is 2.98. The van der Waals surface area contributed by atoms with Gasteiger partial charge in [-0.15, -0.1) is 0 Å². The molecule has 0 aromatic carbocycles. The molecule has 1 aliphatic rings. The van der Waals surface area contributed by atoms with Crippen molar-refractivity contribution in [3.8, 4) is 0 Å². The average molecular weight is 216 g/mol. The number of hydrogen-bond acceptors (Lipinski definition) is 2. The molecule has 0 spiro atoms. The lowest BCUT2D eigenvalue weighted by molar-refractivity contribution is -0.137. The predicted octanol–water partition coefficient (Wildman–Crippen LogP) is 3.02. The number of alkyl halides is 3. The maximum absolute atomic E-state index is 12.6. The molecule has 82 valence electrons. The highest BCUT2D eigenvalue weighted by atomic mass is 19.4. The highest BCUT2D eigenvalue weighted by Crippen LogP contribution is 2.42. The lowest BCUT2D eigenvalue weighted by Gasteiger charge is -2.12. The van der Waals surface area contributed by atoms with Crippen molar-refractivity contribution in [1.29, 1.82) is 0 Å². The van der Waals surface area contributed by atoms with Crippen LogP contribution in [0.5, 0.6) is 0 Å².